The minimum absolute atomic E-state index is 0.167. The quantitative estimate of drug-likeness (QED) is 0.483. The van der Waals surface area contributed by atoms with Gasteiger partial charge in [-0.2, -0.15) is 0 Å². The lowest BCUT2D eigenvalue weighted by Crippen LogP contribution is -2.14. The van der Waals surface area contributed by atoms with Crippen molar-refractivity contribution in [1.82, 2.24) is 10.2 Å². The highest BCUT2D eigenvalue weighted by Gasteiger charge is 2.12. The van der Waals surface area contributed by atoms with Crippen LogP contribution in [0.2, 0.25) is 0 Å². The molecule has 158 valence electrons. The second kappa shape index (κ2) is 10.7. The van der Waals surface area contributed by atoms with Crippen molar-refractivity contribution in [2.75, 3.05) is 25.3 Å². The van der Waals surface area contributed by atoms with E-state index in [0.717, 1.165) is 24.2 Å². The predicted molar refractivity (Wildman–Crippen MR) is 116 cm³/mol. The molecule has 2 aromatic carbocycles. The van der Waals surface area contributed by atoms with Crippen LogP contribution in [0.1, 0.15) is 23.4 Å². The van der Waals surface area contributed by atoms with Gasteiger partial charge in [-0.25, -0.2) is 0 Å². The van der Waals surface area contributed by atoms with E-state index in [1.807, 2.05) is 25.1 Å². The molecule has 0 aliphatic rings. The van der Waals surface area contributed by atoms with Crippen LogP contribution in [-0.4, -0.2) is 36.1 Å². The van der Waals surface area contributed by atoms with E-state index in [-0.39, 0.29) is 11.7 Å². The third-order valence-corrected chi connectivity index (χ3v) is 5.29. The largest absolute Gasteiger partial charge is 0.496 e. The van der Waals surface area contributed by atoms with Crippen molar-refractivity contribution in [3.63, 3.8) is 0 Å². The monoisotopic (exact) mass is 427 g/mol. The number of ether oxygens (including phenoxy) is 2. The lowest BCUT2D eigenvalue weighted by atomic mass is 10.1. The maximum Gasteiger partial charge on any atom is 0.277 e. The minimum Gasteiger partial charge on any atom is -0.496 e. The number of amides is 1. The van der Waals surface area contributed by atoms with Gasteiger partial charge in [-0.1, -0.05) is 36.0 Å². The molecule has 3 rings (SSSR count). The Bertz CT molecular complexity index is 990. The highest BCUT2D eigenvalue weighted by molar-refractivity contribution is 7.99. The Morgan fingerprint density at radius 2 is 1.87 bits per heavy atom. The van der Waals surface area contributed by atoms with Crippen molar-refractivity contribution < 1.29 is 18.7 Å². The average molecular weight is 428 g/mol. The van der Waals surface area contributed by atoms with Crippen molar-refractivity contribution >= 4 is 23.4 Å². The number of hydrogen-bond donors (Lipinski definition) is 1. The number of aromatic nitrogens is 2. The molecule has 1 aromatic heterocycles. The Morgan fingerprint density at radius 1 is 1.07 bits per heavy atom. The van der Waals surface area contributed by atoms with E-state index >= 15 is 0 Å². The summed E-state index contributed by atoms with van der Waals surface area (Å²) in [5.41, 5.74) is 3.00. The van der Waals surface area contributed by atoms with E-state index in [2.05, 4.69) is 27.6 Å². The van der Waals surface area contributed by atoms with E-state index in [4.69, 9.17) is 13.9 Å². The van der Waals surface area contributed by atoms with Crippen molar-refractivity contribution in [2.24, 2.45) is 0 Å². The van der Waals surface area contributed by atoms with Gasteiger partial charge in [0.2, 0.25) is 11.8 Å². The zero-order valence-corrected chi connectivity index (χ0v) is 18.1. The van der Waals surface area contributed by atoms with E-state index in [1.165, 1.54) is 17.3 Å². The summed E-state index contributed by atoms with van der Waals surface area (Å²) in [5, 5.41) is 11.3. The number of benzene rings is 2. The molecular formula is C22H25N3O4S. The SMILES string of the molecule is COc1ccc(CCCc2nnc(SCC(=O)Nc3ccccc3OC)o2)cc1C. The Labute approximate surface area is 180 Å². The van der Waals surface area contributed by atoms with Crippen LogP contribution in [0.3, 0.4) is 0 Å². The number of methoxy groups -OCH3 is 2. The normalized spacial score (nSPS) is 10.6. The van der Waals surface area contributed by atoms with Gasteiger partial charge in [-0.05, 0) is 49.1 Å². The van der Waals surface area contributed by atoms with Gasteiger partial charge in [-0.3, -0.25) is 4.79 Å². The maximum atomic E-state index is 12.2. The number of nitrogens with zero attached hydrogens (tertiary/aromatic N) is 2. The first-order chi connectivity index (χ1) is 14.6. The number of anilines is 1. The zero-order chi connectivity index (χ0) is 21.3. The summed E-state index contributed by atoms with van der Waals surface area (Å²) in [4.78, 5) is 12.2. The molecule has 0 radical (unpaired) electrons. The highest BCUT2D eigenvalue weighted by Crippen LogP contribution is 2.24. The van der Waals surface area contributed by atoms with Crippen molar-refractivity contribution in [1.29, 1.82) is 0 Å². The number of carbonyl (C=O) groups excluding carboxylic acids is 1. The van der Waals surface area contributed by atoms with Gasteiger partial charge in [0.05, 0.1) is 25.7 Å². The smallest absolute Gasteiger partial charge is 0.277 e. The van der Waals surface area contributed by atoms with E-state index in [1.54, 1.807) is 26.4 Å². The standard InChI is InChI=1S/C22H25N3O4S/c1-15-13-16(11-12-18(15)27-2)7-6-10-21-24-25-22(29-21)30-14-20(26)23-17-8-4-5-9-19(17)28-3/h4-5,8-9,11-13H,6-7,10,14H2,1-3H3,(H,23,26). The zero-order valence-electron chi connectivity index (χ0n) is 17.3. The molecule has 0 atom stereocenters. The van der Waals surface area contributed by atoms with Crippen LogP contribution in [0.5, 0.6) is 11.5 Å². The second-order valence-electron chi connectivity index (χ2n) is 6.66. The first-order valence-electron chi connectivity index (χ1n) is 9.60. The van der Waals surface area contributed by atoms with Crippen LogP contribution in [0.15, 0.2) is 52.1 Å². The molecule has 30 heavy (non-hydrogen) atoms. The molecule has 1 N–H and O–H groups in total. The summed E-state index contributed by atoms with van der Waals surface area (Å²) in [7, 11) is 3.24. The molecule has 1 amide bonds. The van der Waals surface area contributed by atoms with Crippen LogP contribution in [0.4, 0.5) is 5.69 Å². The topological polar surface area (TPSA) is 86.5 Å². The first kappa shape index (κ1) is 21.7. The number of carbonyl (C=O) groups is 1. The van der Waals surface area contributed by atoms with Gasteiger partial charge in [0, 0.05) is 6.42 Å². The molecule has 0 saturated carbocycles. The Morgan fingerprint density at radius 3 is 2.63 bits per heavy atom. The van der Waals surface area contributed by atoms with Gasteiger partial charge < -0.3 is 19.2 Å². The average Bonchev–Trinajstić information content (AvgIpc) is 3.20. The first-order valence-corrected chi connectivity index (χ1v) is 10.6. The molecular weight excluding hydrogens is 402 g/mol. The summed E-state index contributed by atoms with van der Waals surface area (Å²) in [6.45, 7) is 2.04. The predicted octanol–water partition coefficient (Wildman–Crippen LogP) is 4.30. The number of rotatable bonds is 10. The van der Waals surface area contributed by atoms with Gasteiger partial charge in [0.1, 0.15) is 11.5 Å². The van der Waals surface area contributed by atoms with Gasteiger partial charge in [0.25, 0.3) is 5.22 Å². The van der Waals surface area contributed by atoms with Gasteiger partial charge in [-0.15, -0.1) is 10.2 Å². The number of aryl methyl sites for hydroxylation is 3. The molecule has 8 heteroatoms. The van der Waals surface area contributed by atoms with E-state index in [0.29, 0.717) is 29.0 Å². The fraction of sp³-hybridized carbons (Fsp3) is 0.318. The summed E-state index contributed by atoms with van der Waals surface area (Å²) >= 11 is 1.21. The summed E-state index contributed by atoms with van der Waals surface area (Å²) in [6, 6.07) is 13.5. The van der Waals surface area contributed by atoms with Gasteiger partial charge in [0.15, 0.2) is 0 Å². The number of nitrogens with one attached hydrogen (secondary N) is 1. The summed E-state index contributed by atoms with van der Waals surface area (Å²) < 4.78 is 16.2. The molecule has 0 saturated heterocycles. The number of para-hydroxylation sites is 2. The highest BCUT2D eigenvalue weighted by atomic mass is 32.2. The molecule has 1 heterocycles. The van der Waals surface area contributed by atoms with Crippen molar-refractivity contribution in [2.45, 2.75) is 31.4 Å². The van der Waals surface area contributed by atoms with Crippen LogP contribution >= 0.6 is 11.8 Å². The summed E-state index contributed by atoms with van der Waals surface area (Å²) in [5.74, 6) is 2.09. The van der Waals surface area contributed by atoms with E-state index in [9.17, 15) is 4.79 Å². The van der Waals surface area contributed by atoms with Gasteiger partial charge >= 0.3 is 0 Å². The Kier molecular flexibility index (Phi) is 7.73. The van der Waals surface area contributed by atoms with Crippen molar-refractivity contribution in [3.8, 4) is 11.5 Å². The molecule has 7 nitrogen and oxygen atoms in total. The van der Waals surface area contributed by atoms with Crippen molar-refractivity contribution in [3.05, 3.63) is 59.5 Å². The van der Waals surface area contributed by atoms with Crippen LogP contribution in [-0.2, 0) is 17.6 Å². The Hall–Kier alpha value is -3.00. The number of thioether (sulfide) groups is 1. The van der Waals surface area contributed by atoms with E-state index < -0.39 is 0 Å². The molecule has 3 aromatic rings. The fourth-order valence-corrected chi connectivity index (χ4v) is 3.58. The molecule has 0 spiro atoms. The van der Waals surface area contributed by atoms with Crippen LogP contribution in [0, 0.1) is 6.92 Å². The summed E-state index contributed by atoms with van der Waals surface area (Å²) in [6.07, 6.45) is 2.50. The third-order valence-electron chi connectivity index (χ3n) is 4.47. The third kappa shape index (κ3) is 6.00. The fourth-order valence-electron chi connectivity index (χ4n) is 3.00. The maximum absolute atomic E-state index is 12.2. The Balaban J connectivity index is 1.43. The van der Waals surface area contributed by atoms with Crippen LogP contribution in [0.25, 0.3) is 0 Å². The molecule has 0 unspecified atom stereocenters. The lowest BCUT2D eigenvalue weighted by molar-refractivity contribution is -0.113. The molecule has 0 bridgehead atoms. The minimum atomic E-state index is -0.167. The molecule has 0 aliphatic heterocycles. The lowest BCUT2D eigenvalue weighted by Gasteiger charge is -2.08. The molecule has 0 aliphatic carbocycles. The second-order valence-corrected chi connectivity index (χ2v) is 7.58. The molecule has 0 fully saturated rings. The number of hydrogen-bond acceptors (Lipinski definition) is 7. The van der Waals surface area contributed by atoms with Crippen LogP contribution < -0.4 is 14.8 Å².